The van der Waals surface area contributed by atoms with Gasteiger partial charge in [-0.05, 0) is 6.42 Å². The molecule has 0 aliphatic rings. The highest BCUT2D eigenvalue weighted by atomic mass is 35.5. The summed E-state index contributed by atoms with van der Waals surface area (Å²) in [7, 11) is 1.51. The van der Waals surface area contributed by atoms with E-state index in [4.69, 9.17) is 16.3 Å². The molecule has 0 radical (unpaired) electrons. The second-order valence-electron chi connectivity index (χ2n) is 3.50. The zero-order chi connectivity index (χ0) is 12.8. The summed E-state index contributed by atoms with van der Waals surface area (Å²) in [5, 5.41) is 11.2. The second-order valence-corrected chi connectivity index (χ2v) is 3.91. The van der Waals surface area contributed by atoms with Crippen molar-refractivity contribution in [2.24, 2.45) is 0 Å². The number of rotatable bonds is 6. The van der Waals surface area contributed by atoms with Gasteiger partial charge in [0.25, 0.3) is 0 Å². The molecule has 0 saturated heterocycles. The Labute approximate surface area is 109 Å². The van der Waals surface area contributed by atoms with E-state index < -0.39 is 0 Å². The first kappa shape index (κ1) is 12.6. The lowest BCUT2D eigenvalue weighted by Crippen LogP contribution is -2.09. The van der Waals surface area contributed by atoms with E-state index in [2.05, 4.69) is 25.6 Å². The molecule has 0 unspecified atom stereocenters. The molecule has 96 valence electrons. The molecule has 2 rings (SSSR count). The summed E-state index contributed by atoms with van der Waals surface area (Å²) in [5.41, 5.74) is 0. The van der Waals surface area contributed by atoms with Crippen LogP contribution in [0.1, 0.15) is 6.42 Å². The lowest BCUT2D eigenvalue weighted by molar-refractivity contribution is 0.380. The van der Waals surface area contributed by atoms with Crippen LogP contribution in [0.15, 0.2) is 18.6 Å². The Morgan fingerprint density at radius 1 is 1.50 bits per heavy atom. The zero-order valence-electron chi connectivity index (χ0n) is 9.88. The maximum absolute atomic E-state index is 5.96. The van der Waals surface area contributed by atoms with Gasteiger partial charge in [-0.3, -0.25) is 4.68 Å². The summed E-state index contributed by atoms with van der Waals surface area (Å²) in [6.45, 7) is 1.51. The Morgan fingerprint density at radius 3 is 3.11 bits per heavy atom. The van der Waals surface area contributed by atoms with Crippen molar-refractivity contribution in [1.82, 2.24) is 25.0 Å². The predicted octanol–water partition coefficient (Wildman–Crippen LogP) is 1.23. The van der Waals surface area contributed by atoms with E-state index in [-0.39, 0.29) is 6.01 Å². The second kappa shape index (κ2) is 6.15. The van der Waals surface area contributed by atoms with Crippen LogP contribution in [0.5, 0.6) is 6.01 Å². The smallest absolute Gasteiger partial charge is 0.318 e. The monoisotopic (exact) mass is 268 g/mol. The molecule has 2 heterocycles. The van der Waals surface area contributed by atoms with Crippen molar-refractivity contribution in [1.29, 1.82) is 0 Å². The minimum absolute atomic E-state index is 0.290. The highest BCUT2D eigenvalue weighted by Crippen LogP contribution is 2.19. The fourth-order valence-electron chi connectivity index (χ4n) is 1.37. The molecule has 0 spiro atoms. The number of aryl methyl sites for hydroxylation is 1. The number of anilines is 1. The standard InChI is InChI=1S/C10H13ClN6O/c1-18-10-13-7-8(11)9(15-10)12-3-2-5-17-6-4-14-16-17/h4,6-7H,2-3,5H2,1H3,(H,12,13,15). The minimum atomic E-state index is 0.290. The first-order valence-electron chi connectivity index (χ1n) is 5.44. The van der Waals surface area contributed by atoms with Crippen LogP contribution in [0.25, 0.3) is 0 Å². The number of aromatic nitrogens is 5. The van der Waals surface area contributed by atoms with Crippen molar-refractivity contribution in [3.8, 4) is 6.01 Å². The van der Waals surface area contributed by atoms with Gasteiger partial charge in [-0.15, -0.1) is 5.10 Å². The number of methoxy groups -OCH3 is 1. The molecule has 0 saturated carbocycles. The lowest BCUT2D eigenvalue weighted by atomic mass is 10.4. The average Bonchev–Trinajstić information content (AvgIpc) is 2.89. The van der Waals surface area contributed by atoms with Crippen LogP contribution < -0.4 is 10.1 Å². The number of nitrogens with zero attached hydrogens (tertiary/aromatic N) is 5. The third-order valence-corrected chi connectivity index (χ3v) is 2.51. The first-order chi connectivity index (χ1) is 8.79. The summed E-state index contributed by atoms with van der Waals surface area (Å²) in [6, 6.07) is 0.290. The molecule has 7 nitrogen and oxygen atoms in total. The molecular formula is C10H13ClN6O. The van der Waals surface area contributed by atoms with E-state index in [0.717, 1.165) is 19.5 Å². The molecule has 0 fully saturated rings. The van der Waals surface area contributed by atoms with Gasteiger partial charge in [0.2, 0.25) is 0 Å². The topological polar surface area (TPSA) is 77.8 Å². The third kappa shape index (κ3) is 3.30. The largest absolute Gasteiger partial charge is 0.467 e. The van der Waals surface area contributed by atoms with Gasteiger partial charge in [0, 0.05) is 19.3 Å². The van der Waals surface area contributed by atoms with Crippen molar-refractivity contribution < 1.29 is 4.74 Å². The van der Waals surface area contributed by atoms with Crippen molar-refractivity contribution in [2.75, 3.05) is 19.0 Å². The van der Waals surface area contributed by atoms with E-state index >= 15 is 0 Å². The molecule has 0 amide bonds. The number of hydrogen-bond donors (Lipinski definition) is 1. The normalized spacial score (nSPS) is 10.3. The first-order valence-corrected chi connectivity index (χ1v) is 5.82. The predicted molar refractivity (Wildman–Crippen MR) is 66.7 cm³/mol. The van der Waals surface area contributed by atoms with Crippen LogP contribution >= 0.6 is 11.6 Å². The maximum Gasteiger partial charge on any atom is 0.318 e. The fraction of sp³-hybridized carbons (Fsp3) is 0.400. The third-order valence-electron chi connectivity index (χ3n) is 2.23. The molecule has 0 bridgehead atoms. The van der Waals surface area contributed by atoms with E-state index in [9.17, 15) is 0 Å². The van der Waals surface area contributed by atoms with Gasteiger partial charge in [0.1, 0.15) is 5.02 Å². The highest BCUT2D eigenvalue weighted by Gasteiger charge is 2.04. The molecule has 2 aromatic heterocycles. The quantitative estimate of drug-likeness (QED) is 0.794. The van der Waals surface area contributed by atoms with Gasteiger partial charge < -0.3 is 10.1 Å². The molecule has 0 aliphatic heterocycles. The Bertz CT molecular complexity index is 489. The van der Waals surface area contributed by atoms with Crippen LogP contribution in [0, 0.1) is 0 Å². The summed E-state index contributed by atoms with van der Waals surface area (Å²) >= 11 is 5.96. The molecule has 0 aliphatic carbocycles. The summed E-state index contributed by atoms with van der Waals surface area (Å²) in [4.78, 5) is 8.01. The van der Waals surface area contributed by atoms with Gasteiger partial charge in [-0.2, -0.15) is 4.98 Å². The highest BCUT2D eigenvalue weighted by molar-refractivity contribution is 6.32. The van der Waals surface area contributed by atoms with Gasteiger partial charge in [-0.25, -0.2) is 4.98 Å². The number of ether oxygens (including phenoxy) is 1. The van der Waals surface area contributed by atoms with Crippen LogP contribution in [-0.4, -0.2) is 38.6 Å². The van der Waals surface area contributed by atoms with Crippen molar-refractivity contribution in [3.63, 3.8) is 0 Å². The number of halogens is 1. The molecule has 2 aromatic rings. The Kier molecular flexibility index (Phi) is 4.30. The van der Waals surface area contributed by atoms with Gasteiger partial charge in [-0.1, -0.05) is 16.8 Å². The SMILES string of the molecule is COc1ncc(Cl)c(NCCCn2ccnn2)n1. The molecular weight excluding hydrogens is 256 g/mol. The summed E-state index contributed by atoms with van der Waals surface area (Å²) in [5.74, 6) is 0.571. The fourth-order valence-corrected chi connectivity index (χ4v) is 1.53. The number of nitrogens with one attached hydrogen (secondary N) is 1. The Morgan fingerprint density at radius 2 is 2.39 bits per heavy atom. The van der Waals surface area contributed by atoms with Gasteiger partial charge >= 0.3 is 6.01 Å². The van der Waals surface area contributed by atoms with E-state index in [0.29, 0.717) is 10.8 Å². The maximum atomic E-state index is 5.96. The molecule has 18 heavy (non-hydrogen) atoms. The van der Waals surface area contributed by atoms with Crippen molar-refractivity contribution >= 4 is 17.4 Å². The average molecular weight is 269 g/mol. The van der Waals surface area contributed by atoms with Gasteiger partial charge in [0.05, 0.1) is 19.5 Å². The van der Waals surface area contributed by atoms with Crippen molar-refractivity contribution in [3.05, 3.63) is 23.6 Å². The Balaban J connectivity index is 1.82. The van der Waals surface area contributed by atoms with Crippen LogP contribution in [-0.2, 0) is 6.54 Å². The molecule has 1 N–H and O–H groups in total. The zero-order valence-corrected chi connectivity index (χ0v) is 10.6. The van der Waals surface area contributed by atoms with E-state index in [1.807, 2.05) is 6.20 Å². The van der Waals surface area contributed by atoms with Crippen LogP contribution in [0.2, 0.25) is 5.02 Å². The van der Waals surface area contributed by atoms with Crippen molar-refractivity contribution in [2.45, 2.75) is 13.0 Å². The molecule has 0 aromatic carbocycles. The molecule has 0 atom stereocenters. The van der Waals surface area contributed by atoms with E-state index in [1.165, 1.54) is 13.3 Å². The molecule has 8 heteroatoms. The summed E-state index contributed by atoms with van der Waals surface area (Å²) < 4.78 is 6.70. The van der Waals surface area contributed by atoms with Crippen LogP contribution in [0.3, 0.4) is 0 Å². The van der Waals surface area contributed by atoms with E-state index in [1.54, 1.807) is 10.9 Å². The summed E-state index contributed by atoms with van der Waals surface area (Å²) in [6.07, 6.45) is 5.86. The minimum Gasteiger partial charge on any atom is -0.467 e. The van der Waals surface area contributed by atoms with Gasteiger partial charge in [0.15, 0.2) is 5.82 Å². The lowest BCUT2D eigenvalue weighted by Gasteiger charge is -2.07. The van der Waals surface area contributed by atoms with Crippen LogP contribution in [0.4, 0.5) is 5.82 Å². The number of hydrogen-bond acceptors (Lipinski definition) is 6. The Hall–Kier alpha value is -1.89.